The van der Waals surface area contributed by atoms with Crippen molar-refractivity contribution in [2.75, 3.05) is 13.7 Å². The van der Waals surface area contributed by atoms with Crippen molar-refractivity contribution in [3.8, 4) is 5.75 Å². The highest BCUT2D eigenvalue weighted by Gasteiger charge is 2.21. The molecular formula is C12H13BrClNO4. The van der Waals surface area contributed by atoms with E-state index in [-0.39, 0.29) is 12.5 Å². The minimum Gasteiger partial charge on any atom is -0.490 e. The van der Waals surface area contributed by atoms with Gasteiger partial charge in [0.15, 0.2) is 6.04 Å². The van der Waals surface area contributed by atoms with E-state index in [1.807, 2.05) is 0 Å². The lowest BCUT2D eigenvalue weighted by atomic mass is 10.3. The van der Waals surface area contributed by atoms with Crippen molar-refractivity contribution in [3.63, 3.8) is 0 Å². The predicted molar refractivity (Wildman–Crippen MR) is 74.3 cm³/mol. The van der Waals surface area contributed by atoms with E-state index in [0.29, 0.717) is 15.2 Å². The lowest BCUT2D eigenvalue weighted by molar-refractivity contribution is -0.145. The fourth-order valence-electron chi connectivity index (χ4n) is 1.32. The smallest absolute Gasteiger partial charge is 0.331 e. The third-order valence-electron chi connectivity index (χ3n) is 2.16. The number of carbonyl (C=O) groups is 2. The van der Waals surface area contributed by atoms with Crippen LogP contribution in [-0.2, 0) is 14.3 Å². The summed E-state index contributed by atoms with van der Waals surface area (Å²) >= 11 is 9.09. The molecular weight excluding hydrogens is 337 g/mol. The molecule has 19 heavy (non-hydrogen) atoms. The van der Waals surface area contributed by atoms with Crippen LogP contribution in [0.4, 0.5) is 0 Å². The summed E-state index contributed by atoms with van der Waals surface area (Å²) in [6, 6.07) is 4.13. The Morgan fingerprint density at radius 3 is 2.68 bits per heavy atom. The van der Waals surface area contributed by atoms with E-state index in [9.17, 15) is 9.59 Å². The van der Waals surface area contributed by atoms with Crippen molar-refractivity contribution < 1.29 is 19.1 Å². The first-order valence-electron chi connectivity index (χ1n) is 5.37. The maximum absolute atomic E-state index is 11.5. The Morgan fingerprint density at radius 1 is 1.47 bits per heavy atom. The van der Waals surface area contributed by atoms with E-state index >= 15 is 0 Å². The van der Waals surface area contributed by atoms with Gasteiger partial charge in [-0.3, -0.25) is 4.79 Å². The summed E-state index contributed by atoms with van der Waals surface area (Å²) in [5.74, 6) is -0.391. The van der Waals surface area contributed by atoms with Crippen molar-refractivity contribution in [2.24, 2.45) is 0 Å². The molecule has 1 unspecified atom stereocenters. The molecule has 1 aromatic rings. The first-order valence-corrected chi connectivity index (χ1v) is 6.54. The van der Waals surface area contributed by atoms with Gasteiger partial charge in [0.1, 0.15) is 12.4 Å². The van der Waals surface area contributed by atoms with Crippen LogP contribution in [0.15, 0.2) is 22.7 Å². The van der Waals surface area contributed by atoms with Crippen LogP contribution in [0.25, 0.3) is 0 Å². The van der Waals surface area contributed by atoms with E-state index in [2.05, 4.69) is 26.0 Å². The maximum Gasteiger partial charge on any atom is 0.331 e. The van der Waals surface area contributed by atoms with Crippen LogP contribution < -0.4 is 10.1 Å². The highest BCUT2D eigenvalue weighted by molar-refractivity contribution is 9.10. The van der Waals surface area contributed by atoms with Gasteiger partial charge < -0.3 is 14.8 Å². The number of amides is 1. The number of ether oxygens (including phenoxy) is 2. The topological polar surface area (TPSA) is 64.6 Å². The van der Waals surface area contributed by atoms with Gasteiger partial charge in [-0.25, -0.2) is 4.79 Å². The third-order valence-corrected chi connectivity index (χ3v) is 3.02. The summed E-state index contributed by atoms with van der Waals surface area (Å²) in [7, 11) is 1.25. The van der Waals surface area contributed by atoms with Gasteiger partial charge in [-0.15, -0.1) is 0 Å². The van der Waals surface area contributed by atoms with Gasteiger partial charge in [-0.2, -0.15) is 0 Å². The number of carbonyl (C=O) groups excluding carboxylic acids is 2. The molecule has 1 amide bonds. The predicted octanol–water partition coefficient (Wildman–Crippen LogP) is 2.16. The first kappa shape index (κ1) is 15.8. The molecule has 1 rings (SSSR count). The first-order chi connectivity index (χ1) is 8.93. The van der Waals surface area contributed by atoms with Crippen LogP contribution in [-0.4, -0.2) is 31.6 Å². The molecule has 0 radical (unpaired) electrons. The van der Waals surface area contributed by atoms with Crippen LogP contribution in [0.3, 0.4) is 0 Å². The second kappa shape index (κ2) is 7.35. The molecule has 0 spiro atoms. The number of methoxy groups -OCH3 is 1. The molecule has 0 saturated heterocycles. The summed E-state index contributed by atoms with van der Waals surface area (Å²) in [5.41, 5.74) is 0. The monoisotopic (exact) mass is 349 g/mol. The van der Waals surface area contributed by atoms with Gasteiger partial charge in [0.25, 0.3) is 0 Å². The summed E-state index contributed by atoms with van der Waals surface area (Å²) in [6.45, 7) is 1.28. The van der Waals surface area contributed by atoms with Crippen molar-refractivity contribution in [1.82, 2.24) is 5.32 Å². The number of nitrogens with one attached hydrogen (secondary N) is 1. The average molecular weight is 351 g/mol. The number of halogens is 2. The van der Waals surface area contributed by atoms with Gasteiger partial charge in [0, 0.05) is 11.9 Å². The lowest BCUT2D eigenvalue weighted by Crippen LogP contribution is -2.44. The molecule has 0 saturated carbocycles. The second-order valence-electron chi connectivity index (χ2n) is 3.66. The van der Waals surface area contributed by atoms with Crippen molar-refractivity contribution in [3.05, 3.63) is 27.7 Å². The Balaban J connectivity index is 2.70. The fraction of sp³-hybridized carbons (Fsp3) is 0.333. The minimum atomic E-state index is -0.856. The molecule has 7 heteroatoms. The molecule has 5 nitrogen and oxygen atoms in total. The average Bonchev–Trinajstić information content (AvgIpc) is 2.34. The summed E-state index contributed by atoms with van der Waals surface area (Å²) in [6.07, 6.45) is 0. The number of benzene rings is 1. The minimum absolute atomic E-state index is 0.0352. The van der Waals surface area contributed by atoms with Crippen molar-refractivity contribution in [2.45, 2.75) is 13.0 Å². The SMILES string of the molecule is COC(=O)C(COc1ccc(Cl)cc1Br)NC(C)=O. The van der Waals surface area contributed by atoms with Gasteiger partial charge in [-0.05, 0) is 34.1 Å². The van der Waals surface area contributed by atoms with E-state index in [0.717, 1.165) is 0 Å². The molecule has 0 aliphatic rings. The van der Waals surface area contributed by atoms with Gasteiger partial charge in [0.2, 0.25) is 5.91 Å². The van der Waals surface area contributed by atoms with E-state index < -0.39 is 12.0 Å². The Kier molecular flexibility index (Phi) is 6.11. The standard InChI is InChI=1S/C12H13BrClNO4/c1-7(16)15-10(12(17)18-2)6-19-11-4-3-8(14)5-9(11)13/h3-5,10H,6H2,1-2H3,(H,15,16). The van der Waals surface area contributed by atoms with Gasteiger partial charge >= 0.3 is 5.97 Å². The van der Waals surface area contributed by atoms with Gasteiger partial charge in [-0.1, -0.05) is 11.6 Å². The van der Waals surface area contributed by atoms with Crippen LogP contribution >= 0.6 is 27.5 Å². The Bertz CT molecular complexity index is 481. The highest BCUT2D eigenvalue weighted by atomic mass is 79.9. The number of hydrogen-bond donors (Lipinski definition) is 1. The Labute approximate surface area is 124 Å². The van der Waals surface area contributed by atoms with Crippen LogP contribution in [0, 0.1) is 0 Å². The molecule has 0 aromatic heterocycles. The molecule has 1 N–H and O–H groups in total. The molecule has 0 heterocycles. The van der Waals surface area contributed by atoms with E-state index in [4.69, 9.17) is 16.3 Å². The van der Waals surface area contributed by atoms with Gasteiger partial charge in [0.05, 0.1) is 11.6 Å². The van der Waals surface area contributed by atoms with Crippen molar-refractivity contribution in [1.29, 1.82) is 0 Å². The normalized spacial score (nSPS) is 11.6. The summed E-state index contributed by atoms with van der Waals surface area (Å²) < 4.78 is 10.7. The number of esters is 1. The zero-order valence-electron chi connectivity index (χ0n) is 10.4. The summed E-state index contributed by atoms with van der Waals surface area (Å²) in [4.78, 5) is 22.5. The van der Waals surface area contributed by atoms with Crippen LogP contribution in [0.2, 0.25) is 5.02 Å². The lowest BCUT2D eigenvalue weighted by Gasteiger charge is -2.16. The Hall–Kier alpha value is -1.27. The van der Waals surface area contributed by atoms with Crippen LogP contribution in [0.5, 0.6) is 5.75 Å². The Morgan fingerprint density at radius 2 is 2.16 bits per heavy atom. The largest absolute Gasteiger partial charge is 0.490 e. The zero-order valence-corrected chi connectivity index (χ0v) is 12.7. The molecule has 0 aliphatic carbocycles. The maximum atomic E-state index is 11.5. The molecule has 0 fully saturated rings. The number of rotatable bonds is 5. The zero-order chi connectivity index (χ0) is 14.4. The molecule has 1 aromatic carbocycles. The molecule has 0 bridgehead atoms. The molecule has 0 aliphatic heterocycles. The molecule has 104 valence electrons. The highest BCUT2D eigenvalue weighted by Crippen LogP contribution is 2.28. The van der Waals surface area contributed by atoms with E-state index in [1.165, 1.54) is 14.0 Å². The molecule has 1 atom stereocenters. The second-order valence-corrected chi connectivity index (χ2v) is 4.95. The fourth-order valence-corrected chi connectivity index (χ4v) is 2.12. The van der Waals surface area contributed by atoms with Crippen LogP contribution in [0.1, 0.15) is 6.92 Å². The third kappa shape index (κ3) is 5.08. The van der Waals surface area contributed by atoms with E-state index in [1.54, 1.807) is 18.2 Å². The quantitative estimate of drug-likeness (QED) is 0.827. The van der Waals surface area contributed by atoms with Crippen molar-refractivity contribution >= 4 is 39.4 Å². The summed E-state index contributed by atoms with van der Waals surface area (Å²) in [5, 5.41) is 3.01. The number of hydrogen-bond acceptors (Lipinski definition) is 4.